The summed E-state index contributed by atoms with van der Waals surface area (Å²) in [6.45, 7) is 0. The maximum atomic E-state index is 6.29. The summed E-state index contributed by atoms with van der Waals surface area (Å²) in [6, 6.07) is 95.7. The second-order valence-electron chi connectivity index (χ2n) is 19.9. The third kappa shape index (κ3) is 5.95. The first kappa shape index (κ1) is 41.0. The Morgan fingerprint density at radius 2 is 0.662 bits per heavy atom. The molecule has 0 saturated heterocycles. The van der Waals surface area contributed by atoms with Crippen molar-refractivity contribution in [3.63, 3.8) is 0 Å². The van der Waals surface area contributed by atoms with Gasteiger partial charge in [-0.3, -0.25) is 0 Å². The second-order valence-corrected chi connectivity index (χ2v) is 19.9. The third-order valence-corrected chi connectivity index (χ3v) is 16.0. The summed E-state index contributed by atoms with van der Waals surface area (Å²) in [5.41, 5.74) is 23.7. The number of hydrogen-bond donors (Lipinski definition) is 0. The summed E-state index contributed by atoms with van der Waals surface area (Å²) in [6.07, 6.45) is 0. The molecule has 2 aliphatic rings. The predicted octanol–water partition coefficient (Wildman–Crippen LogP) is 19.5. The lowest BCUT2D eigenvalue weighted by Gasteiger charge is -2.32. The average Bonchev–Trinajstić information content (AvgIpc) is 4.21. The summed E-state index contributed by atoms with van der Waals surface area (Å²) < 4.78 is 12.6. The normalized spacial score (nSPS) is 13.0. The highest BCUT2D eigenvalue weighted by molar-refractivity contribution is 6.08. The van der Waals surface area contributed by atoms with Crippen LogP contribution in [-0.4, -0.2) is 0 Å². The molecule has 0 aliphatic heterocycles. The van der Waals surface area contributed by atoms with Crippen molar-refractivity contribution in [2.45, 2.75) is 5.41 Å². The van der Waals surface area contributed by atoms with Gasteiger partial charge in [-0.25, -0.2) is 0 Å². The number of benzene rings is 12. The Morgan fingerprint density at radius 1 is 0.243 bits per heavy atom. The lowest BCUT2D eigenvalue weighted by Crippen LogP contribution is -2.26. The molecule has 2 heterocycles. The lowest BCUT2D eigenvalue weighted by atomic mass is 9.70. The second kappa shape index (κ2) is 15.6. The van der Waals surface area contributed by atoms with Crippen LogP contribution in [0.5, 0.6) is 0 Å². The number of nitrogens with zero attached hydrogens (tertiary/aromatic N) is 1. The molecule has 3 heteroatoms. The molecular formula is C71H43NO2. The zero-order valence-electron chi connectivity index (χ0n) is 40.1. The van der Waals surface area contributed by atoms with Gasteiger partial charge in [0, 0.05) is 38.6 Å². The summed E-state index contributed by atoms with van der Waals surface area (Å²) in [4.78, 5) is 2.44. The van der Waals surface area contributed by atoms with Gasteiger partial charge in [-0.1, -0.05) is 170 Å². The fourth-order valence-electron chi connectivity index (χ4n) is 12.7. The minimum Gasteiger partial charge on any atom is -0.456 e. The maximum absolute atomic E-state index is 6.29. The van der Waals surface area contributed by atoms with Gasteiger partial charge in [0.25, 0.3) is 0 Å². The van der Waals surface area contributed by atoms with E-state index in [2.05, 4.69) is 241 Å². The van der Waals surface area contributed by atoms with Gasteiger partial charge in [-0.15, -0.1) is 0 Å². The molecule has 3 nitrogen and oxygen atoms in total. The molecule has 0 amide bonds. The zero-order chi connectivity index (χ0) is 48.5. The molecule has 2 aromatic heterocycles. The smallest absolute Gasteiger partial charge is 0.135 e. The summed E-state index contributed by atoms with van der Waals surface area (Å²) >= 11 is 0. The van der Waals surface area contributed by atoms with E-state index in [1.54, 1.807) is 0 Å². The Kier molecular flexibility index (Phi) is 8.66. The van der Waals surface area contributed by atoms with Crippen LogP contribution >= 0.6 is 0 Å². The van der Waals surface area contributed by atoms with E-state index < -0.39 is 5.41 Å². The van der Waals surface area contributed by atoms with Crippen molar-refractivity contribution in [1.82, 2.24) is 0 Å². The molecule has 12 aromatic carbocycles. The molecule has 2 aliphatic carbocycles. The van der Waals surface area contributed by atoms with Crippen LogP contribution in [0.2, 0.25) is 0 Å². The summed E-state index contributed by atoms with van der Waals surface area (Å²) in [5, 5.41) is 6.86. The van der Waals surface area contributed by atoms with E-state index >= 15 is 0 Å². The first-order valence-corrected chi connectivity index (χ1v) is 25.5. The highest BCUT2D eigenvalue weighted by Gasteiger charge is 2.51. The van der Waals surface area contributed by atoms with E-state index in [0.717, 1.165) is 94.3 Å². The fraction of sp³-hybridized carbons (Fsp3) is 0.0141. The van der Waals surface area contributed by atoms with Crippen molar-refractivity contribution in [1.29, 1.82) is 0 Å². The predicted molar refractivity (Wildman–Crippen MR) is 306 cm³/mol. The standard InChI is InChI=1S/C71H43NO2/c1-2-14-46-40-53(32-27-44(46)13-1)72(54-33-34-58-57-17-5-10-22-65(57)71(66(58)43-54)63-20-8-3-15-55(63)56-16-4-9-21-64(56)71)52-30-25-45(26-31-52)49-37-50(47-28-35-69-61(41-47)59-18-6-11-23-67(59)73-69)39-51(38-49)48-29-36-70-62(42-48)60-19-7-12-24-68(60)74-70/h1-43H. The molecule has 0 fully saturated rings. The van der Waals surface area contributed by atoms with E-state index in [-0.39, 0.29) is 0 Å². The Bertz CT molecular complexity index is 4430. The quantitative estimate of drug-likeness (QED) is 0.166. The van der Waals surface area contributed by atoms with Gasteiger partial charge >= 0.3 is 0 Å². The average molecular weight is 942 g/mol. The van der Waals surface area contributed by atoms with E-state index in [4.69, 9.17) is 8.83 Å². The largest absolute Gasteiger partial charge is 0.456 e. The van der Waals surface area contributed by atoms with Gasteiger partial charge in [0.1, 0.15) is 22.3 Å². The Balaban J connectivity index is 0.869. The van der Waals surface area contributed by atoms with Crippen molar-refractivity contribution in [2.75, 3.05) is 4.90 Å². The minimum absolute atomic E-state index is 0.457. The van der Waals surface area contributed by atoms with Crippen LogP contribution in [0, 0.1) is 0 Å². The number of anilines is 3. The molecule has 1 spiro atoms. The van der Waals surface area contributed by atoms with E-state index in [9.17, 15) is 0 Å². The first-order chi connectivity index (χ1) is 36.6. The minimum atomic E-state index is -0.457. The van der Waals surface area contributed by atoms with Crippen molar-refractivity contribution in [3.8, 4) is 55.6 Å². The maximum Gasteiger partial charge on any atom is 0.135 e. The third-order valence-electron chi connectivity index (χ3n) is 16.0. The van der Waals surface area contributed by atoms with Crippen molar-refractivity contribution < 1.29 is 8.83 Å². The number of fused-ring (bicyclic) bond motifs is 17. The van der Waals surface area contributed by atoms with Crippen LogP contribution in [0.3, 0.4) is 0 Å². The SMILES string of the molecule is c1ccc2c(c1)-c1ccccc1C21c2ccccc2-c2ccc(N(c3ccc(-c4cc(-c5ccc6oc7ccccc7c6c5)cc(-c5ccc6oc7ccccc7c6c5)c4)cc3)c3ccc4ccccc4c3)cc21. The fourth-order valence-corrected chi connectivity index (χ4v) is 12.7. The number of para-hydroxylation sites is 2. The molecular weight excluding hydrogens is 899 g/mol. The molecule has 16 rings (SSSR count). The van der Waals surface area contributed by atoms with E-state index in [1.165, 1.54) is 55.3 Å². The molecule has 0 radical (unpaired) electrons. The van der Waals surface area contributed by atoms with Crippen LogP contribution in [0.15, 0.2) is 270 Å². The van der Waals surface area contributed by atoms with Gasteiger partial charge < -0.3 is 13.7 Å². The van der Waals surface area contributed by atoms with E-state index in [0.29, 0.717) is 0 Å². The summed E-state index contributed by atoms with van der Waals surface area (Å²) in [7, 11) is 0. The zero-order valence-corrected chi connectivity index (χ0v) is 40.1. The van der Waals surface area contributed by atoms with Crippen LogP contribution in [0.4, 0.5) is 17.1 Å². The van der Waals surface area contributed by atoms with Crippen molar-refractivity contribution in [2.24, 2.45) is 0 Å². The first-order valence-electron chi connectivity index (χ1n) is 25.5. The molecule has 14 aromatic rings. The van der Waals surface area contributed by atoms with Gasteiger partial charge in [0.15, 0.2) is 0 Å². The molecule has 0 bridgehead atoms. The summed E-state index contributed by atoms with van der Waals surface area (Å²) in [5.74, 6) is 0. The number of furan rings is 2. The van der Waals surface area contributed by atoms with Crippen LogP contribution < -0.4 is 4.90 Å². The van der Waals surface area contributed by atoms with Gasteiger partial charge in [-0.05, 0) is 180 Å². The van der Waals surface area contributed by atoms with E-state index in [1.807, 2.05) is 24.3 Å². The molecule has 0 N–H and O–H groups in total. The Labute approximate surface area is 427 Å². The topological polar surface area (TPSA) is 29.5 Å². The van der Waals surface area contributed by atoms with Crippen LogP contribution in [0.1, 0.15) is 22.3 Å². The molecule has 344 valence electrons. The van der Waals surface area contributed by atoms with Gasteiger partial charge in [0.05, 0.1) is 5.41 Å². The Morgan fingerprint density at radius 3 is 1.24 bits per heavy atom. The van der Waals surface area contributed by atoms with Crippen LogP contribution in [-0.2, 0) is 5.41 Å². The molecule has 0 saturated carbocycles. The molecule has 0 unspecified atom stereocenters. The number of hydrogen-bond acceptors (Lipinski definition) is 3. The monoisotopic (exact) mass is 941 g/mol. The lowest BCUT2D eigenvalue weighted by molar-refractivity contribution is 0.668. The highest BCUT2D eigenvalue weighted by atomic mass is 16.3. The molecule has 74 heavy (non-hydrogen) atoms. The molecule has 0 atom stereocenters. The van der Waals surface area contributed by atoms with Crippen molar-refractivity contribution in [3.05, 3.63) is 283 Å². The highest BCUT2D eigenvalue weighted by Crippen LogP contribution is 2.63. The van der Waals surface area contributed by atoms with Crippen molar-refractivity contribution >= 4 is 71.7 Å². The van der Waals surface area contributed by atoms with Gasteiger partial charge in [-0.2, -0.15) is 0 Å². The van der Waals surface area contributed by atoms with Crippen LogP contribution in [0.25, 0.3) is 110 Å². The number of rotatable bonds is 6. The van der Waals surface area contributed by atoms with Gasteiger partial charge in [0.2, 0.25) is 0 Å². The Hall–Kier alpha value is -9.70.